The van der Waals surface area contributed by atoms with Gasteiger partial charge in [-0.1, -0.05) is 24.3 Å². The highest BCUT2D eigenvalue weighted by atomic mass is 16.5. The van der Waals surface area contributed by atoms with Crippen molar-refractivity contribution >= 4 is 17.3 Å². The average Bonchev–Trinajstić information content (AvgIpc) is 2.88. The van der Waals surface area contributed by atoms with E-state index in [2.05, 4.69) is 18.3 Å². The number of para-hydroxylation sites is 1. The summed E-state index contributed by atoms with van der Waals surface area (Å²) in [7, 11) is 1.64. The number of aryl methyl sites for hydroxylation is 1. The van der Waals surface area contributed by atoms with Crippen molar-refractivity contribution in [3.63, 3.8) is 0 Å². The van der Waals surface area contributed by atoms with Crippen LogP contribution in [0.15, 0.2) is 42.5 Å². The Morgan fingerprint density at radius 2 is 2.09 bits per heavy atom. The molecule has 0 spiro atoms. The second-order valence-corrected chi connectivity index (χ2v) is 6.00. The van der Waals surface area contributed by atoms with Gasteiger partial charge < -0.3 is 15.0 Å². The Balaban J connectivity index is 1.74. The summed E-state index contributed by atoms with van der Waals surface area (Å²) in [5, 5.41) is 3.22. The Morgan fingerprint density at radius 3 is 2.87 bits per heavy atom. The second-order valence-electron chi connectivity index (χ2n) is 6.00. The van der Waals surface area contributed by atoms with Crippen LogP contribution in [0.3, 0.4) is 0 Å². The van der Waals surface area contributed by atoms with Gasteiger partial charge in [-0.3, -0.25) is 4.79 Å². The first-order chi connectivity index (χ1) is 11.1. The van der Waals surface area contributed by atoms with Crippen molar-refractivity contribution in [1.29, 1.82) is 0 Å². The van der Waals surface area contributed by atoms with E-state index in [9.17, 15) is 4.79 Å². The van der Waals surface area contributed by atoms with Crippen LogP contribution in [-0.2, 0) is 11.2 Å². The summed E-state index contributed by atoms with van der Waals surface area (Å²) >= 11 is 0. The number of hydrogen-bond donors (Lipinski definition) is 1. The number of benzene rings is 2. The molecule has 0 bridgehead atoms. The Kier molecular flexibility index (Phi) is 4.24. The fourth-order valence-corrected chi connectivity index (χ4v) is 3.16. The number of amides is 1. The molecule has 0 saturated heterocycles. The van der Waals surface area contributed by atoms with E-state index in [1.165, 1.54) is 5.56 Å². The molecule has 0 aromatic heterocycles. The van der Waals surface area contributed by atoms with E-state index in [4.69, 9.17) is 4.74 Å². The second kappa shape index (κ2) is 6.32. The number of rotatable bonds is 4. The number of methoxy groups -OCH3 is 1. The number of ether oxygens (including phenoxy) is 1. The van der Waals surface area contributed by atoms with Crippen LogP contribution >= 0.6 is 0 Å². The largest absolute Gasteiger partial charge is 0.495 e. The summed E-state index contributed by atoms with van der Waals surface area (Å²) in [5.41, 5.74) is 4.24. The Labute approximate surface area is 137 Å². The molecule has 1 heterocycles. The van der Waals surface area contributed by atoms with Gasteiger partial charge >= 0.3 is 0 Å². The molecule has 1 amide bonds. The van der Waals surface area contributed by atoms with Crippen LogP contribution in [0.1, 0.15) is 18.1 Å². The van der Waals surface area contributed by atoms with Gasteiger partial charge in [0.1, 0.15) is 5.75 Å². The molecular weight excluding hydrogens is 288 g/mol. The van der Waals surface area contributed by atoms with E-state index in [0.717, 1.165) is 29.1 Å². The van der Waals surface area contributed by atoms with Gasteiger partial charge in [-0.15, -0.1) is 0 Å². The van der Waals surface area contributed by atoms with Crippen molar-refractivity contribution in [1.82, 2.24) is 0 Å². The lowest BCUT2D eigenvalue weighted by atomic mass is 10.1. The van der Waals surface area contributed by atoms with Crippen molar-refractivity contribution in [2.24, 2.45) is 0 Å². The molecule has 1 aliphatic heterocycles. The van der Waals surface area contributed by atoms with Crippen LogP contribution in [0.5, 0.6) is 5.75 Å². The number of carbonyl (C=O) groups is 1. The average molecular weight is 310 g/mol. The Morgan fingerprint density at radius 1 is 1.30 bits per heavy atom. The first-order valence-electron chi connectivity index (χ1n) is 7.88. The van der Waals surface area contributed by atoms with Crippen LogP contribution < -0.4 is 15.0 Å². The fourth-order valence-electron chi connectivity index (χ4n) is 3.16. The van der Waals surface area contributed by atoms with Gasteiger partial charge in [0.2, 0.25) is 5.91 Å². The van der Waals surface area contributed by atoms with Crippen LogP contribution in [0.25, 0.3) is 0 Å². The summed E-state index contributed by atoms with van der Waals surface area (Å²) in [6, 6.07) is 14.2. The van der Waals surface area contributed by atoms with E-state index in [1.54, 1.807) is 7.11 Å². The lowest BCUT2D eigenvalue weighted by molar-refractivity contribution is -0.117. The third-order valence-electron chi connectivity index (χ3n) is 4.26. The zero-order chi connectivity index (χ0) is 16.4. The molecule has 1 atom stereocenters. The minimum atomic E-state index is 0.0750. The standard InChI is InChI=1S/C19H22N2O2/c1-13-8-9-18(23-3)16(10-13)20-12-19(22)21-14(2)11-15-6-4-5-7-17(15)21/h4-10,14,20H,11-12H2,1-3H3/t14-/m1/s1. The summed E-state index contributed by atoms with van der Waals surface area (Å²) in [6.45, 7) is 4.36. The Bertz CT molecular complexity index is 727. The van der Waals surface area contributed by atoms with E-state index >= 15 is 0 Å². The van der Waals surface area contributed by atoms with Crippen LogP contribution in [0, 0.1) is 6.92 Å². The SMILES string of the molecule is COc1ccc(C)cc1NCC(=O)N1c2ccccc2C[C@H]1C. The van der Waals surface area contributed by atoms with Crippen LogP contribution in [-0.4, -0.2) is 25.6 Å². The maximum atomic E-state index is 12.7. The highest BCUT2D eigenvalue weighted by Gasteiger charge is 2.30. The lowest BCUT2D eigenvalue weighted by Crippen LogP contribution is -2.39. The molecule has 1 aliphatic rings. The van der Waals surface area contributed by atoms with Crippen molar-refractivity contribution in [2.75, 3.05) is 23.9 Å². The van der Waals surface area contributed by atoms with Gasteiger partial charge in [-0.25, -0.2) is 0 Å². The summed E-state index contributed by atoms with van der Waals surface area (Å²) in [4.78, 5) is 14.6. The summed E-state index contributed by atoms with van der Waals surface area (Å²) in [6.07, 6.45) is 0.912. The third kappa shape index (κ3) is 3.02. The molecule has 2 aromatic carbocycles. The quantitative estimate of drug-likeness (QED) is 0.941. The molecule has 2 aromatic rings. The minimum absolute atomic E-state index is 0.0750. The van der Waals surface area contributed by atoms with Gasteiger partial charge in [0.15, 0.2) is 0 Å². The number of hydrogen-bond acceptors (Lipinski definition) is 3. The molecule has 0 saturated carbocycles. The minimum Gasteiger partial charge on any atom is -0.495 e. The molecule has 1 N–H and O–H groups in total. The number of nitrogens with one attached hydrogen (secondary N) is 1. The zero-order valence-electron chi connectivity index (χ0n) is 13.8. The molecule has 0 unspecified atom stereocenters. The number of carbonyl (C=O) groups excluding carboxylic acids is 1. The zero-order valence-corrected chi connectivity index (χ0v) is 13.8. The van der Waals surface area contributed by atoms with Crippen molar-refractivity contribution in [3.05, 3.63) is 53.6 Å². The first-order valence-corrected chi connectivity index (χ1v) is 7.88. The number of anilines is 2. The van der Waals surface area contributed by atoms with E-state index in [0.29, 0.717) is 0 Å². The molecule has 0 fully saturated rings. The third-order valence-corrected chi connectivity index (χ3v) is 4.26. The maximum Gasteiger partial charge on any atom is 0.246 e. The van der Waals surface area contributed by atoms with E-state index < -0.39 is 0 Å². The van der Waals surface area contributed by atoms with Crippen molar-refractivity contribution in [3.8, 4) is 5.75 Å². The Hall–Kier alpha value is -2.49. The molecule has 0 aliphatic carbocycles. The van der Waals surface area contributed by atoms with Gasteiger partial charge in [0, 0.05) is 11.7 Å². The first kappa shape index (κ1) is 15.4. The topological polar surface area (TPSA) is 41.6 Å². The van der Waals surface area contributed by atoms with E-state index in [1.807, 2.05) is 48.2 Å². The molecule has 23 heavy (non-hydrogen) atoms. The van der Waals surface area contributed by atoms with Crippen molar-refractivity contribution < 1.29 is 9.53 Å². The molecule has 4 nitrogen and oxygen atoms in total. The molecular formula is C19H22N2O2. The van der Waals surface area contributed by atoms with Gasteiger partial charge in [0.25, 0.3) is 0 Å². The molecule has 3 rings (SSSR count). The monoisotopic (exact) mass is 310 g/mol. The van der Waals surface area contributed by atoms with Gasteiger partial charge in [-0.05, 0) is 49.6 Å². The number of nitrogens with zero attached hydrogens (tertiary/aromatic N) is 1. The summed E-state index contributed by atoms with van der Waals surface area (Å²) in [5.74, 6) is 0.823. The van der Waals surface area contributed by atoms with Crippen LogP contribution in [0.4, 0.5) is 11.4 Å². The predicted octanol–water partition coefficient (Wildman–Crippen LogP) is 3.39. The molecule has 120 valence electrons. The highest BCUT2D eigenvalue weighted by Crippen LogP contribution is 2.32. The normalized spacial score (nSPS) is 16.1. The molecule has 4 heteroatoms. The van der Waals surface area contributed by atoms with Gasteiger partial charge in [-0.2, -0.15) is 0 Å². The van der Waals surface area contributed by atoms with E-state index in [-0.39, 0.29) is 18.5 Å². The molecule has 0 radical (unpaired) electrons. The van der Waals surface area contributed by atoms with Crippen molar-refractivity contribution in [2.45, 2.75) is 26.3 Å². The smallest absolute Gasteiger partial charge is 0.246 e. The highest BCUT2D eigenvalue weighted by molar-refractivity contribution is 5.98. The van der Waals surface area contributed by atoms with Gasteiger partial charge in [0.05, 0.1) is 19.3 Å². The number of fused-ring (bicyclic) bond motifs is 1. The maximum absolute atomic E-state index is 12.7. The van der Waals surface area contributed by atoms with Crippen LogP contribution in [0.2, 0.25) is 0 Å². The lowest BCUT2D eigenvalue weighted by Gasteiger charge is -2.23. The summed E-state index contributed by atoms with van der Waals surface area (Å²) < 4.78 is 5.35. The fraction of sp³-hybridized carbons (Fsp3) is 0.316. The predicted molar refractivity (Wildman–Crippen MR) is 93.3 cm³/mol.